The molecule has 0 saturated carbocycles. The average Bonchev–Trinajstić information content (AvgIpc) is 3.11. The molecule has 0 aliphatic carbocycles. The van der Waals surface area contributed by atoms with Crippen molar-refractivity contribution in [2.75, 3.05) is 11.4 Å². The molecule has 0 bridgehead atoms. The van der Waals surface area contributed by atoms with Gasteiger partial charge in [-0.3, -0.25) is 4.55 Å². The largest absolute Gasteiger partial charge is 0.421 e. The van der Waals surface area contributed by atoms with Gasteiger partial charge in [0.05, 0.1) is 0 Å². The van der Waals surface area contributed by atoms with Crippen LogP contribution in [0.15, 0.2) is 43.8 Å². The number of rotatable bonds is 3. The fourth-order valence-electron chi connectivity index (χ4n) is 4.94. The van der Waals surface area contributed by atoms with Gasteiger partial charge in [0.1, 0.15) is 16.1 Å². The first-order valence-electron chi connectivity index (χ1n) is 10.4. The van der Waals surface area contributed by atoms with Crippen LogP contribution in [0.5, 0.6) is 0 Å². The maximum absolute atomic E-state index is 12.4. The first-order valence-corrected chi connectivity index (χ1v) is 11.9. The Morgan fingerprint density at radius 1 is 1.23 bits per heavy atom. The third-order valence-electron chi connectivity index (χ3n) is 6.26. The van der Waals surface area contributed by atoms with Crippen molar-refractivity contribution in [1.29, 1.82) is 0 Å². The van der Waals surface area contributed by atoms with Crippen LogP contribution in [0.2, 0.25) is 0 Å². The molecule has 2 aromatic carbocycles. The van der Waals surface area contributed by atoms with Gasteiger partial charge in [0.15, 0.2) is 5.58 Å². The molecule has 2 atom stereocenters. The smallest absolute Gasteiger partial charge is 0.341 e. The molecular weight excluding hydrogens is 416 g/mol. The van der Waals surface area contributed by atoms with E-state index >= 15 is 0 Å². The Hall–Kier alpha value is -2.78. The Labute approximate surface area is 180 Å². The second kappa shape index (κ2) is 7.13. The van der Waals surface area contributed by atoms with E-state index in [9.17, 15) is 13.0 Å². The monoisotopic (exact) mass is 440 g/mol. The third kappa shape index (κ3) is 3.41. The summed E-state index contributed by atoms with van der Waals surface area (Å²) in [4.78, 5) is 6.41. The fraction of sp³-hybridized carbons (Fsp3) is 0.409. The number of anilines is 1. The maximum atomic E-state index is 12.4. The summed E-state index contributed by atoms with van der Waals surface area (Å²) in [5.74, 6) is 0.245. The Morgan fingerprint density at radius 3 is 2.81 bits per heavy atom. The van der Waals surface area contributed by atoms with Crippen LogP contribution < -0.4 is 4.90 Å². The SMILES string of the molecule is Cc1ccc2oc(N=Nc3cc4c5c(c3S(=O)(=O)O)CCCN5C(C)CC4C)nc2c1. The molecule has 0 amide bonds. The topological polar surface area (TPSA) is 108 Å². The summed E-state index contributed by atoms with van der Waals surface area (Å²) in [6.07, 6.45) is 2.36. The Balaban J connectivity index is 1.67. The van der Waals surface area contributed by atoms with Crippen LogP contribution in [-0.4, -0.2) is 30.5 Å². The van der Waals surface area contributed by atoms with Crippen LogP contribution in [0.25, 0.3) is 11.1 Å². The first-order chi connectivity index (χ1) is 14.7. The van der Waals surface area contributed by atoms with Crippen LogP contribution in [0.3, 0.4) is 0 Å². The minimum absolute atomic E-state index is 0.0385. The second-order valence-corrected chi connectivity index (χ2v) is 9.92. The molecule has 0 spiro atoms. The lowest BCUT2D eigenvalue weighted by atomic mass is 9.82. The fourth-order valence-corrected chi connectivity index (χ4v) is 5.81. The van der Waals surface area contributed by atoms with Crippen molar-refractivity contribution in [2.24, 2.45) is 10.2 Å². The number of benzene rings is 2. The summed E-state index contributed by atoms with van der Waals surface area (Å²) in [7, 11) is -4.50. The normalized spacial score (nSPS) is 21.1. The number of hydrogen-bond acceptors (Lipinski definition) is 7. The summed E-state index contributed by atoms with van der Waals surface area (Å²) in [5, 5.41) is 8.27. The summed E-state index contributed by atoms with van der Waals surface area (Å²) >= 11 is 0. The molecule has 1 aromatic heterocycles. The number of hydrogen-bond donors (Lipinski definition) is 1. The number of azo groups is 1. The van der Waals surface area contributed by atoms with Crippen LogP contribution in [0.4, 0.5) is 17.4 Å². The van der Waals surface area contributed by atoms with E-state index in [1.54, 1.807) is 12.1 Å². The molecule has 2 aliphatic rings. The average molecular weight is 441 g/mol. The minimum atomic E-state index is -4.50. The molecule has 3 heterocycles. The van der Waals surface area contributed by atoms with Gasteiger partial charge < -0.3 is 9.32 Å². The standard InChI is InChI=1S/C22H24N4O4S/c1-12-6-7-19-17(9-12)23-22(30-19)25-24-18-11-16-13(2)10-14(3)26-8-4-5-15(20(16)26)21(18)31(27,28)29/h6-7,9,11,13-14H,4-5,8,10H2,1-3H3,(H,27,28,29). The van der Waals surface area contributed by atoms with Crippen molar-refractivity contribution >= 4 is 38.6 Å². The van der Waals surface area contributed by atoms with Gasteiger partial charge in [-0.15, -0.1) is 5.11 Å². The highest BCUT2D eigenvalue weighted by Crippen LogP contribution is 2.48. The quantitative estimate of drug-likeness (QED) is 0.429. The molecule has 2 aliphatic heterocycles. The van der Waals surface area contributed by atoms with Crippen LogP contribution in [0.1, 0.15) is 49.3 Å². The van der Waals surface area contributed by atoms with E-state index in [2.05, 4.69) is 34.0 Å². The van der Waals surface area contributed by atoms with E-state index in [-0.39, 0.29) is 22.5 Å². The van der Waals surface area contributed by atoms with Gasteiger partial charge in [0, 0.05) is 18.3 Å². The lowest BCUT2D eigenvalue weighted by Crippen LogP contribution is -2.42. The van der Waals surface area contributed by atoms with Crippen molar-refractivity contribution in [3.8, 4) is 0 Å². The van der Waals surface area contributed by atoms with Crippen LogP contribution in [-0.2, 0) is 16.5 Å². The highest BCUT2D eigenvalue weighted by Gasteiger charge is 2.37. The number of aryl methyl sites for hydroxylation is 1. The molecule has 8 nitrogen and oxygen atoms in total. The highest BCUT2D eigenvalue weighted by molar-refractivity contribution is 7.86. The van der Waals surface area contributed by atoms with Gasteiger partial charge in [-0.05, 0) is 73.9 Å². The van der Waals surface area contributed by atoms with Gasteiger partial charge in [-0.1, -0.05) is 18.1 Å². The molecule has 0 fully saturated rings. The van der Waals surface area contributed by atoms with Crippen molar-refractivity contribution < 1.29 is 17.4 Å². The molecule has 162 valence electrons. The number of aromatic nitrogens is 1. The molecule has 2 unspecified atom stereocenters. The van der Waals surface area contributed by atoms with Gasteiger partial charge in [0.25, 0.3) is 10.1 Å². The molecule has 1 N–H and O–H groups in total. The van der Waals surface area contributed by atoms with E-state index in [1.165, 1.54) is 0 Å². The summed E-state index contributed by atoms with van der Waals surface area (Å²) in [5.41, 5.74) is 5.00. The molecule has 0 saturated heterocycles. The van der Waals surface area contributed by atoms with Crippen molar-refractivity contribution in [2.45, 2.75) is 56.9 Å². The molecule has 3 aromatic rings. The van der Waals surface area contributed by atoms with E-state index in [0.717, 1.165) is 36.2 Å². The Morgan fingerprint density at radius 2 is 2.03 bits per heavy atom. The Kier molecular flexibility index (Phi) is 4.63. The first kappa shape index (κ1) is 20.1. The summed E-state index contributed by atoms with van der Waals surface area (Å²) in [6.45, 7) is 7.12. The Bertz CT molecular complexity index is 1330. The summed E-state index contributed by atoms with van der Waals surface area (Å²) < 4.78 is 40.5. The van der Waals surface area contributed by atoms with E-state index < -0.39 is 10.1 Å². The summed E-state index contributed by atoms with van der Waals surface area (Å²) in [6, 6.07) is 7.69. The van der Waals surface area contributed by atoms with Gasteiger partial charge in [-0.2, -0.15) is 13.4 Å². The van der Waals surface area contributed by atoms with E-state index in [1.807, 2.05) is 19.1 Å². The number of fused-ring (bicyclic) bond motifs is 1. The molecular formula is C22H24N4O4S. The molecule has 5 rings (SSSR count). The second-order valence-electron chi connectivity index (χ2n) is 8.57. The predicted molar refractivity (Wildman–Crippen MR) is 117 cm³/mol. The zero-order valence-electron chi connectivity index (χ0n) is 17.7. The maximum Gasteiger partial charge on any atom is 0.341 e. The molecule has 31 heavy (non-hydrogen) atoms. The van der Waals surface area contributed by atoms with E-state index in [0.29, 0.717) is 29.1 Å². The van der Waals surface area contributed by atoms with Crippen LogP contribution >= 0.6 is 0 Å². The van der Waals surface area contributed by atoms with Gasteiger partial charge in [-0.25, -0.2) is 0 Å². The van der Waals surface area contributed by atoms with Crippen molar-refractivity contribution in [3.05, 3.63) is 41.0 Å². The lowest BCUT2D eigenvalue weighted by Gasteiger charge is -2.44. The number of nitrogens with zero attached hydrogens (tertiary/aromatic N) is 4. The predicted octanol–water partition coefficient (Wildman–Crippen LogP) is 5.45. The van der Waals surface area contributed by atoms with E-state index in [4.69, 9.17) is 4.42 Å². The van der Waals surface area contributed by atoms with Crippen LogP contribution in [0, 0.1) is 6.92 Å². The molecule has 9 heteroatoms. The zero-order valence-corrected chi connectivity index (χ0v) is 18.5. The number of oxazole rings is 1. The van der Waals surface area contributed by atoms with Gasteiger partial charge >= 0.3 is 6.01 Å². The zero-order chi connectivity index (χ0) is 21.9. The molecule has 0 radical (unpaired) electrons. The van der Waals surface area contributed by atoms with Gasteiger partial charge in [0.2, 0.25) is 0 Å². The minimum Gasteiger partial charge on any atom is -0.421 e. The third-order valence-corrected chi connectivity index (χ3v) is 7.23. The lowest BCUT2D eigenvalue weighted by molar-refractivity contribution is 0.472. The van der Waals surface area contributed by atoms with Crippen molar-refractivity contribution in [3.63, 3.8) is 0 Å². The highest BCUT2D eigenvalue weighted by atomic mass is 32.2. The van der Waals surface area contributed by atoms with Crippen molar-refractivity contribution in [1.82, 2.24) is 4.98 Å².